The molecular formula is C6H9N2OV-. The van der Waals surface area contributed by atoms with E-state index in [1.165, 1.54) is 0 Å². The van der Waals surface area contributed by atoms with E-state index in [0.717, 1.165) is 6.29 Å². The average Bonchev–Trinajstić information content (AvgIpc) is 2.14. The van der Waals surface area contributed by atoms with E-state index in [4.69, 9.17) is 0 Å². The van der Waals surface area contributed by atoms with Crippen LogP contribution in [0.15, 0.2) is 12.5 Å². The van der Waals surface area contributed by atoms with Crippen molar-refractivity contribution in [3.8, 4) is 0 Å². The topological polar surface area (TPSA) is 34.9 Å². The second kappa shape index (κ2) is 5.27. The van der Waals surface area contributed by atoms with Gasteiger partial charge in [0.05, 0.1) is 6.33 Å². The van der Waals surface area contributed by atoms with Gasteiger partial charge in [-0.2, -0.15) is 0 Å². The SMILES string of the molecule is Cn1cnc(C=O)c1.[CH3-].[V]. The smallest absolute Gasteiger partial charge is 0.169 e. The fourth-order valence-electron chi connectivity index (χ4n) is 0.494. The second-order valence-electron chi connectivity index (χ2n) is 1.58. The van der Waals surface area contributed by atoms with E-state index in [9.17, 15) is 4.79 Å². The van der Waals surface area contributed by atoms with Gasteiger partial charge in [-0.3, -0.25) is 4.79 Å². The van der Waals surface area contributed by atoms with Gasteiger partial charge in [0.25, 0.3) is 0 Å². The maximum absolute atomic E-state index is 9.94. The van der Waals surface area contributed by atoms with Crippen LogP contribution in [0.3, 0.4) is 0 Å². The zero-order valence-electron chi connectivity index (χ0n) is 5.98. The van der Waals surface area contributed by atoms with Gasteiger partial charge in [-0.05, 0) is 0 Å². The fraction of sp³-hybridized carbons (Fsp3) is 0.167. The van der Waals surface area contributed by atoms with Crippen molar-refractivity contribution in [2.24, 2.45) is 7.05 Å². The fourth-order valence-corrected chi connectivity index (χ4v) is 0.494. The Bertz CT molecular complexity index is 197. The standard InChI is InChI=1S/C5H6N2O.CH3.V/c1-7-2-5(3-8)6-4-7;;/h2-4H,1H3;1H3;/q;-1;. The summed E-state index contributed by atoms with van der Waals surface area (Å²) in [5.74, 6) is 0. The monoisotopic (exact) mass is 176 g/mol. The van der Waals surface area contributed by atoms with E-state index in [-0.39, 0.29) is 26.0 Å². The molecule has 0 saturated heterocycles. The molecule has 0 aliphatic rings. The summed E-state index contributed by atoms with van der Waals surface area (Å²) in [5.41, 5.74) is 0.479. The van der Waals surface area contributed by atoms with Crippen molar-refractivity contribution in [1.29, 1.82) is 0 Å². The van der Waals surface area contributed by atoms with Crippen LogP contribution < -0.4 is 0 Å². The first-order valence-corrected chi connectivity index (χ1v) is 2.26. The number of hydrogen-bond acceptors (Lipinski definition) is 2. The second-order valence-corrected chi connectivity index (χ2v) is 1.58. The van der Waals surface area contributed by atoms with Gasteiger partial charge in [0, 0.05) is 31.8 Å². The van der Waals surface area contributed by atoms with Crippen molar-refractivity contribution in [1.82, 2.24) is 9.55 Å². The van der Waals surface area contributed by atoms with Crippen molar-refractivity contribution >= 4 is 6.29 Å². The zero-order chi connectivity index (χ0) is 5.98. The summed E-state index contributed by atoms with van der Waals surface area (Å²) in [6.45, 7) is 0. The molecule has 0 unspecified atom stereocenters. The van der Waals surface area contributed by atoms with Gasteiger partial charge in [0.2, 0.25) is 0 Å². The van der Waals surface area contributed by atoms with E-state index in [1.54, 1.807) is 17.1 Å². The van der Waals surface area contributed by atoms with Gasteiger partial charge in [-0.15, -0.1) is 0 Å². The number of aldehydes is 1. The molecule has 0 aliphatic carbocycles. The van der Waals surface area contributed by atoms with Crippen LogP contribution in [0.1, 0.15) is 10.5 Å². The van der Waals surface area contributed by atoms with Crippen molar-refractivity contribution < 1.29 is 23.4 Å². The van der Waals surface area contributed by atoms with Gasteiger partial charge < -0.3 is 12.0 Å². The molecule has 0 bridgehead atoms. The van der Waals surface area contributed by atoms with Crippen molar-refractivity contribution in [2.45, 2.75) is 0 Å². The normalized spacial score (nSPS) is 7.30. The number of hydrogen-bond donors (Lipinski definition) is 0. The number of aryl methyl sites for hydroxylation is 1. The van der Waals surface area contributed by atoms with E-state index in [2.05, 4.69) is 4.98 Å². The quantitative estimate of drug-likeness (QED) is 0.465. The van der Waals surface area contributed by atoms with E-state index < -0.39 is 0 Å². The Hall–Kier alpha value is -0.536. The summed E-state index contributed by atoms with van der Waals surface area (Å²) < 4.78 is 1.73. The zero-order valence-corrected chi connectivity index (χ0v) is 7.38. The summed E-state index contributed by atoms with van der Waals surface area (Å²) in [6, 6.07) is 0. The number of carbonyl (C=O) groups excluding carboxylic acids is 1. The van der Waals surface area contributed by atoms with E-state index >= 15 is 0 Å². The molecule has 4 heteroatoms. The minimum absolute atomic E-state index is 0. The Labute approximate surface area is 72.3 Å². The summed E-state index contributed by atoms with van der Waals surface area (Å²) in [5, 5.41) is 0. The molecule has 1 heterocycles. The van der Waals surface area contributed by atoms with Crippen molar-refractivity contribution in [2.75, 3.05) is 0 Å². The van der Waals surface area contributed by atoms with Gasteiger partial charge in [-0.1, -0.05) is 0 Å². The Kier molecular flexibility index (Phi) is 6.41. The average molecular weight is 176 g/mol. The molecule has 0 N–H and O–H groups in total. The molecule has 1 rings (SSSR count). The Morgan fingerprint density at radius 3 is 2.50 bits per heavy atom. The van der Waals surface area contributed by atoms with Crippen molar-refractivity contribution in [3.05, 3.63) is 25.6 Å². The molecular weight excluding hydrogens is 167 g/mol. The van der Waals surface area contributed by atoms with Crippen LogP contribution >= 0.6 is 0 Å². The number of nitrogens with zero attached hydrogens (tertiary/aromatic N) is 2. The van der Waals surface area contributed by atoms with Gasteiger partial charge in [0.1, 0.15) is 5.69 Å². The Balaban J connectivity index is 0. The molecule has 0 amide bonds. The van der Waals surface area contributed by atoms with Crippen LogP contribution in [-0.4, -0.2) is 15.8 Å². The summed E-state index contributed by atoms with van der Waals surface area (Å²) >= 11 is 0. The van der Waals surface area contributed by atoms with Crippen LogP contribution in [0.2, 0.25) is 0 Å². The molecule has 1 aromatic rings. The maximum Gasteiger partial charge on any atom is 0.169 e. The number of rotatable bonds is 1. The molecule has 0 fully saturated rings. The molecule has 0 atom stereocenters. The van der Waals surface area contributed by atoms with Gasteiger partial charge >= 0.3 is 0 Å². The maximum atomic E-state index is 9.94. The third-order valence-electron chi connectivity index (χ3n) is 0.846. The molecule has 0 aromatic carbocycles. The molecule has 0 spiro atoms. The summed E-state index contributed by atoms with van der Waals surface area (Å²) in [7, 11) is 1.82. The predicted octanol–water partition coefficient (Wildman–Crippen LogP) is 0.680. The third-order valence-corrected chi connectivity index (χ3v) is 0.846. The first-order valence-electron chi connectivity index (χ1n) is 2.26. The van der Waals surface area contributed by atoms with Crippen molar-refractivity contribution in [3.63, 3.8) is 0 Å². The van der Waals surface area contributed by atoms with Crippen LogP contribution in [0.4, 0.5) is 0 Å². The molecule has 55 valence electrons. The summed E-state index contributed by atoms with van der Waals surface area (Å²) in [4.78, 5) is 13.7. The Morgan fingerprint density at radius 2 is 2.30 bits per heavy atom. The first-order chi connectivity index (χ1) is 3.83. The van der Waals surface area contributed by atoms with E-state index in [0.29, 0.717) is 5.69 Å². The minimum Gasteiger partial charge on any atom is -0.358 e. The Morgan fingerprint density at radius 1 is 1.70 bits per heavy atom. The van der Waals surface area contributed by atoms with Crippen LogP contribution in [0.25, 0.3) is 0 Å². The third kappa shape index (κ3) is 2.85. The molecule has 0 saturated carbocycles. The number of carbonyl (C=O) groups is 1. The summed E-state index contributed by atoms with van der Waals surface area (Å²) in [6.07, 6.45) is 3.97. The molecule has 10 heavy (non-hydrogen) atoms. The predicted molar refractivity (Wildman–Crippen MR) is 35.0 cm³/mol. The molecule has 0 aliphatic heterocycles. The largest absolute Gasteiger partial charge is 0.358 e. The van der Waals surface area contributed by atoms with Crippen LogP contribution in [0, 0.1) is 7.43 Å². The van der Waals surface area contributed by atoms with Crippen LogP contribution in [0.5, 0.6) is 0 Å². The number of imidazole rings is 1. The van der Waals surface area contributed by atoms with Gasteiger partial charge in [-0.25, -0.2) is 4.98 Å². The molecule has 3 nitrogen and oxygen atoms in total. The van der Waals surface area contributed by atoms with Crippen LogP contribution in [-0.2, 0) is 25.6 Å². The van der Waals surface area contributed by atoms with E-state index in [1.807, 2.05) is 7.05 Å². The number of aromatic nitrogens is 2. The first kappa shape index (κ1) is 12.2. The minimum atomic E-state index is 0. The van der Waals surface area contributed by atoms with Gasteiger partial charge in [0.15, 0.2) is 6.29 Å². The molecule has 1 radical (unpaired) electrons. The molecule has 1 aromatic heterocycles.